The Balaban J connectivity index is 3.82. The summed E-state index contributed by atoms with van der Waals surface area (Å²) in [6, 6.07) is 0. The predicted octanol–water partition coefficient (Wildman–Crippen LogP) is 19.3. The summed E-state index contributed by atoms with van der Waals surface area (Å²) >= 11 is 0. The van der Waals surface area contributed by atoms with Gasteiger partial charge in [-0.15, -0.1) is 0 Å². The van der Waals surface area contributed by atoms with Crippen LogP contribution in [0.1, 0.15) is 328 Å². The monoisotopic (exact) mass is 1010 g/mol. The van der Waals surface area contributed by atoms with Crippen LogP contribution in [0.15, 0.2) is 0 Å². The van der Waals surface area contributed by atoms with Crippen LogP contribution in [0.5, 0.6) is 0 Å². The Morgan fingerprint density at radius 3 is 0.943 bits per heavy atom. The third-order valence-electron chi connectivity index (χ3n) is 14.4. The highest BCUT2D eigenvalue weighted by Gasteiger charge is 2.20. The maximum absolute atomic E-state index is 12.8. The molecule has 0 aliphatic heterocycles. The molecule has 0 spiro atoms. The fraction of sp³-hybridized carbons (Fsp3) is 0.984. The molecule has 0 aromatic rings. The van der Waals surface area contributed by atoms with Crippen LogP contribution in [0.2, 0.25) is 0 Å². The van der Waals surface area contributed by atoms with E-state index in [1.54, 1.807) is 0 Å². The van der Waals surface area contributed by atoms with Gasteiger partial charge in [-0.3, -0.25) is 9.36 Å². The second-order valence-electron chi connectivity index (χ2n) is 22.8. The SMILES string of the molecule is CCCCCCCCCCCCCCCCCCCCCCCCCCCCCCCCCCCCC(=O)O[C@H](COCCCCCCCCCCCCCCCC)COP(=O)([O-])OCC[N+](C)(C)C. The molecule has 0 amide bonds. The number of carbonyl (C=O) groups is 1. The predicted molar refractivity (Wildman–Crippen MR) is 301 cm³/mol. The number of esters is 1. The third kappa shape index (κ3) is 58.4. The van der Waals surface area contributed by atoms with Crippen molar-refractivity contribution in [3.05, 3.63) is 0 Å². The van der Waals surface area contributed by atoms with Crippen molar-refractivity contribution in [2.24, 2.45) is 0 Å². The van der Waals surface area contributed by atoms with Gasteiger partial charge in [-0.25, -0.2) is 0 Å². The van der Waals surface area contributed by atoms with Gasteiger partial charge in [-0.2, -0.15) is 0 Å². The number of hydrogen-bond acceptors (Lipinski definition) is 7. The fourth-order valence-electron chi connectivity index (χ4n) is 9.61. The molecule has 0 fully saturated rings. The molecule has 420 valence electrons. The summed E-state index contributed by atoms with van der Waals surface area (Å²) in [6.45, 7) is 5.50. The molecule has 0 aromatic carbocycles. The minimum Gasteiger partial charge on any atom is -0.756 e. The molecule has 0 saturated carbocycles. The molecular formula is C61H124NO7P. The molecule has 0 saturated heterocycles. The van der Waals surface area contributed by atoms with E-state index in [1.165, 1.54) is 276 Å². The Kier molecular flexibility index (Phi) is 54.4. The summed E-state index contributed by atoms with van der Waals surface area (Å²) in [5.41, 5.74) is 0. The lowest BCUT2D eigenvalue weighted by molar-refractivity contribution is -0.870. The van der Waals surface area contributed by atoms with Gasteiger partial charge in [0.05, 0.1) is 34.4 Å². The average Bonchev–Trinajstić information content (AvgIpc) is 3.32. The normalized spacial score (nSPS) is 13.3. The fourth-order valence-corrected chi connectivity index (χ4v) is 10.3. The highest BCUT2D eigenvalue weighted by molar-refractivity contribution is 7.45. The number of quaternary nitrogens is 1. The van der Waals surface area contributed by atoms with Crippen molar-refractivity contribution >= 4 is 13.8 Å². The lowest BCUT2D eigenvalue weighted by atomic mass is 10.0. The van der Waals surface area contributed by atoms with Gasteiger partial charge in [0.2, 0.25) is 0 Å². The summed E-state index contributed by atoms with van der Waals surface area (Å²) in [6.07, 6.45) is 64.7. The van der Waals surface area contributed by atoms with Gasteiger partial charge in [0.15, 0.2) is 0 Å². The number of phosphoric acid groups is 1. The Labute approximate surface area is 438 Å². The first-order valence-corrected chi connectivity index (χ1v) is 32.7. The molecule has 0 aliphatic carbocycles. The van der Waals surface area contributed by atoms with Crippen molar-refractivity contribution in [2.75, 3.05) is 54.1 Å². The molecule has 0 bridgehead atoms. The molecule has 9 heteroatoms. The molecule has 0 aliphatic rings. The lowest BCUT2D eigenvalue weighted by Crippen LogP contribution is -2.37. The molecule has 0 aromatic heterocycles. The summed E-state index contributed by atoms with van der Waals surface area (Å²) in [5, 5.41) is 0. The quantitative estimate of drug-likeness (QED) is 0.0259. The number of phosphoric ester groups is 1. The van der Waals surface area contributed by atoms with E-state index in [0.29, 0.717) is 24.1 Å². The van der Waals surface area contributed by atoms with E-state index in [0.717, 1.165) is 32.1 Å². The molecule has 0 rings (SSSR count). The van der Waals surface area contributed by atoms with Gasteiger partial charge in [0.1, 0.15) is 19.3 Å². The van der Waals surface area contributed by atoms with Gasteiger partial charge in [0.25, 0.3) is 7.82 Å². The first kappa shape index (κ1) is 69.5. The molecule has 0 radical (unpaired) electrons. The van der Waals surface area contributed by atoms with Gasteiger partial charge in [-0.1, -0.05) is 309 Å². The van der Waals surface area contributed by atoms with Crippen LogP contribution in [-0.2, 0) is 27.9 Å². The minimum atomic E-state index is -4.53. The van der Waals surface area contributed by atoms with Crippen LogP contribution < -0.4 is 4.89 Å². The summed E-state index contributed by atoms with van der Waals surface area (Å²) in [7, 11) is 1.38. The van der Waals surface area contributed by atoms with E-state index in [1.807, 2.05) is 21.1 Å². The van der Waals surface area contributed by atoms with E-state index in [9.17, 15) is 14.3 Å². The maximum Gasteiger partial charge on any atom is 0.306 e. The summed E-state index contributed by atoms with van der Waals surface area (Å²) in [4.78, 5) is 25.2. The number of hydrogen-bond donors (Lipinski definition) is 0. The maximum atomic E-state index is 12.8. The van der Waals surface area contributed by atoms with E-state index >= 15 is 0 Å². The van der Waals surface area contributed by atoms with E-state index in [4.69, 9.17) is 18.5 Å². The largest absolute Gasteiger partial charge is 0.756 e. The lowest BCUT2D eigenvalue weighted by Gasteiger charge is -2.28. The second-order valence-corrected chi connectivity index (χ2v) is 24.2. The third-order valence-corrected chi connectivity index (χ3v) is 15.4. The molecule has 70 heavy (non-hydrogen) atoms. The second kappa shape index (κ2) is 54.8. The Morgan fingerprint density at radius 2 is 0.657 bits per heavy atom. The van der Waals surface area contributed by atoms with Crippen LogP contribution in [0.3, 0.4) is 0 Å². The average molecular weight is 1010 g/mol. The van der Waals surface area contributed by atoms with Crippen molar-refractivity contribution in [3.8, 4) is 0 Å². The van der Waals surface area contributed by atoms with Crippen molar-refractivity contribution in [1.29, 1.82) is 0 Å². The van der Waals surface area contributed by atoms with Gasteiger partial charge in [0, 0.05) is 13.0 Å². The Morgan fingerprint density at radius 1 is 0.386 bits per heavy atom. The number of ether oxygens (including phenoxy) is 2. The van der Waals surface area contributed by atoms with Crippen LogP contribution in [0.4, 0.5) is 0 Å². The zero-order valence-corrected chi connectivity index (χ0v) is 48.9. The zero-order valence-electron chi connectivity index (χ0n) is 48.0. The number of carbonyl (C=O) groups excluding carboxylic acids is 1. The first-order valence-electron chi connectivity index (χ1n) is 31.3. The highest BCUT2D eigenvalue weighted by Crippen LogP contribution is 2.38. The van der Waals surface area contributed by atoms with Gasteiger partial charge >= 0.3 is 5.97 Å². The minimum absolute atomic E-state index is 0.0318. The van der Waals surface area contributed by atoms with E-state index in [2.05, 4.69) is 13.8 Å². The number of rotatable bonds is 60. The van der Waals surface area contributed by atoms with Crippen LogP contribution in [0, 0.1) is 0 Å². The van der Waals surface area contributed by atoms with Gasteiger partial charge < -0.3 is 27.9 Å². The van der Waals surface area contributed by atoms with Crippen molar-refractivity contribution in [2.45, 2.75) is 335 Å². The van der Waals surface area contributed by atoms with E-state index in [-0.39, 0.29) is 25.8 Å². The van der Waals surface area contributed by atoms with Gasteiger partial charge in [-0.05, 0) is 12.8 Å². The van der Waals surface area contributed by atoms with Crippen molar-refractivity contribution in [3.63, 3.8) is 0 Å². The number of unbranched alkanes of at least 4 members (excludes halogenated alkanes) is 46. The molecule has 8 nitrogen and oxygen atoms in total. The molecule has 2 atom stereocenters. The highest BCUT2D eigenvalue weighted by atomic mass is 31.2. The summed E-state index contributed by atoms with van der Waals surface area (Å²) in [5.74, 6) is -0.323. The standard InChI is InChI=1S/C61H124NO7P/c1-6-8-10-12-14-16-18-20-22-23-24-25-26-27-28-29-30-31-32-33-34-35-36-37-38-39-40-41-42-44-46-48-50-52-54-61(63)69-60(59-68-70(64,65)67-57-55-62(3,4)5)58-66-56-53-51-49-47-45-43-21-19-17-15-13-11-9-7-2/h60H,6-59H2,1-5H3/t60-/m1/s1. The number of likely N-dealkylation sites (N-methyl/N-ethyl adjacent to an activating group) is 1. The molecule has 1 unspecified atom stereocenters. The van der Waals surface area contributed by atoms with Crippen LogP contribution >= 0.6 is 7.82 Å². The Bertz CT molecular complexity index is 1090. The van der Waals surface area contributed by atoms with Crippen molar-refractivity contribution < 1.29 is 37.3 Å². The van der Waals surface area contributed by atoms with Crippen molar-refractivity contribution in [1.82, 2.24) is 0 Å². The smallest absolute Gasteiger partial charge is 0.306 e. The van der Waals surface area contributed by atoms with Crippen LogP contribution in [-0.4, -0.2) is 70.7 Å². The molecule has 0 N–H and O–H groups in total. The number of nitrogens with zero attached hydrogens (tertiary/aromatic N) is 1. The topological polar surface area (TPSA) is 94.1 Å². The first-order chi connectivity index (χ1) is 34.1. The zero-order chi connectivity index (χ0) is 51.2. The van der Waals surface area contributed by atoms with Crippen LogP contribution in [0.25, 0.3) is 0 Å². The Hall–Kier alpha value is -0.500. The summed E-state index contributed by atoms with van der Waals surface area (Å²) < 4.78 is 34.8. The molecule has 0 heterocycles. The molecular weight excluding hydrogens is 890 g/mol. The van der Waals surface area contributed by atoms with E-state index < -0.39 is 13.9 Å².